The van der Waals surface area contributed by atoms with Gasteiger partial charge < -0.3 is 21.5 Å². The Hall–Kier alpha value is -3.61. The van der Waals surface area contributed by atoms with Gasteiger partial charge in [0.1, 0.15) is 23.2 Å². The van der Waals surface area contributed by atoms with Crippen LogP contribution in [0.1, 0.15) is 68.6 Å². The van der Waals surface area contributed by atoms with Gasteiger partial charge in [0.05, 0.1) is 5.69 Å². The van der Waals surface area contributed by atoms with Crippen molar-refractivity contribution in [3.63, 3.8) is 0 Å². The van der Waals surface area contributed by atoms with E-state index in [1.54, 1.807) is 36.4 Å². The standard InChI is InChI=1S/C27H33FN4O2/c1-26(2,3)19-13-17(14-20(23(19)33)27(4,5)6)25(34)31-21-11-12-22(32-24(21)29)30-15-16-7-9-18(28)10-8-16/h7-14,33H,15H2,1-6H3,(H,31,34)(H3,29,30,32). The van der Waals surface area contributed by atoms with E-state index in [0.29, 0.717) is 34.7 Å². The Balaban J connectivity index is 1.81. The van der Waals surface area contributed by atoms with Crippen LogP contribution in [0, 0.1) is 5.82 Å². The summed E-state index contributed by atoms with van der Waals surface area (Å²) in [4.78, 5) is 17.5. The number of pyridine rings is 1. The zero-order chi connectivity index (χ0) is 25.3. The fourth-order valence-electron chi connectivity index (χ4n) is 3.58. The zero-order valence-corrected chi connectivity index (χ0v) is 20.6. The molecule has 2 aromatic carbocycles. The molecule has 0 fully saturated rings. The molecule has 0 aliphatic heterocycles. The summed E-state index contributed by atoms with van der Waals surface area (Å²) in [5.74, 6) is 0.299. The molecule has 1 heterocycles. The molecule has 1 amide bonds. The average molecular weight is 465 g/mol. The fourth-order valence-corrected chi connectivity index (χ4v) is 3.58. The van der Waals surface area contributed by atoms with Gasteiger partial charge in [-0.3, -0.25) is 4.79 Å². The predicted molar refractivity (Wildman–Crippen MR) is 136 cm³/mol. The Labute approximate surface area is 200 Å². The summed E-state index contributed by atoms with van der Waals surface area (Å²) in [5.41, 5.74) is 8.54. The van der Waals surface area contributed by atoms with Gasteiger partial charge in [0.25, 0.3) is 5.91 Å². The largest absolute Gasteiger partial charge is 0.507 e. The molecule has 0 aliphatic rings. The van der Waals surface area contributed by atoms with E-state index in [-0.39, 0.29) is 34.1 Å². The van der Waals surface area contributed by atoms with E-state index in [1.807, 2.05) is 41.5 Å². The molecule has 3 aromatic rings. The molecular formula is C27H33FN4O2. The molecule has 0 saturated carbocycles. The SMILES string of the molecule is CC(C)(C)c1cc(C(=O)Nc2ccc(NCc3ccc(F)cc3)nc2N)cc(C(C)(C)C)c1O. The van der Waals surface area contributed by atoms with Crippen molar-refractivity contribution in [1.82, 2.24) is 4.98 Å². The number of nitrogens with one attached hydrogen (secondary N) is 2. The summed E-state index contributed by atoms with van der Waals surface area (Å²) >= 11 is 0. The van der Waals surface area contributed by atoms with Crippen molar-refractivity contribution in [2.75, 3.05) is 16.4 Å². The highest BCUT2D eigenvalue weighted by atomic mass is 19.1. The first-order valence-electron chi connectivity index (χ1n) is 11.2. The lowest BCUT2D eigenvalue weighted by Gasteiger charge is -2.28. The van der Waals surface area contributed by atoms with E-state index >= 15 is 0 Å². The highest BCUT2D eigenvalue weighted by Gasteiger charge is 2.28. The van der Waals surface area contributed by atoms with Crippen LogP contribution in [-0.2, 0) is 17.4 Å². The number of nitrogens with two attached hydrogens (primary N) is 1. The normalized spacial score (nSPS) is 11.9. The van der Waals surface area contributed by atoms with Crippen LogP contribution in [0.4, 0.5) is 21.7 Å². The Bertz CT molecular complexity index is 1160. The minimum Gasteiger partial charge on any atom is -0.507 e. The number of rotatable bonds is 5. The second kappa shape index (κ2) is 9.33. The molecule has 0 aliphatic carbocycles. The molecular weight excluding hydrogens is 431 g/mol. The molecule has 0 spiro atoms. The minimum absolute atomic E-state index is 0.170. The number of carbonyl (C=O) groups is 1. The molecule has 180 valence electrons. The molecule has 6 nitrogen and oxygen atoms in total. The van der Waals surface area contributed by atoms with Crippen LogP contribution in [0.5, 0.6) is 5.75 Å². The van der Waals surface area contributed by atoms with Crippen LogP contribution in [0.25, 0.3) is 0 Å². The van der Waals surface area contributed by atoms with E-state index in [0.717, 1.165) is 5.56 Å². The van der Waals surface area contributed by atoms with Gasteiger partial charge in [-0.05, 0) is 52.8 Å². The van der Waals surface area contributed by atoms with Crippen molar-refractivity contribution in [1.29, 1.82) is 0 Å². The molecule has 1 aromatic heterocycles. The number of aromatic nitrogens is 1. The van der Waals surface area contributed by atoms with Gasteiger partial charge in [-0.25, -0.2) is 9.37 Å². The number of benzene rings is 2. The second-order valence-corrected chi connectivity index (χ2v) is 10.5. The zero-order valence-electron chi connectivity index (χ0n) is 20.6. The number of anilines is 3. The molecule has 0 atom stereocenters. The van der Waals surface area contributed by atoms with Crippen molar-refractivity contribution in [2.24, 2.45) is 0 Å². The lowest BCUT2D eigenvalue weighted by atomic mass is 9.78. The van der Waals surface area contributed by atoms with Gasteiger partial charge in [0.15, 0.2) is 0 Å². The molecule has 5 N–H and O–H groups in total. The van der Waals surface area contributed by atoms with Crippen LogP contribution in [0.15, 0.2) is 48.5 Å². The molecule has 7 heteroatoms. The maximum Gasteiger partial charge on any atom is 0.255 e. The Morgan fingerprint density at radius 3 is 2.03 bits per heavy atom. The number of amides is 1. The lowest BCUT2D eigenvalue weighted by Crippen LogP contribution is -2.21. The molecule has 0 saturated heterocycles. The number of phenolic OH excluding ortho intramolecular Hbond substituents is 1. The minimum atomic E-state index is -0.348. The topological polar surface area (TPSA) is 100 Å². The van der Waals surface area contributed by atoms with E-state index < -0.39 is 0 Å². The van der Waals surface area contributed by atoms with Gasteiger partial charge in [-0.15, -0.1) is 0 Å². The van der Waals surface area contributed by atoms with Gasteiger partial charge in [0, 0.05) is 23.2 Å². The maximum atomic E-state index is 13.1. The number of phenols is 1. The molecule has 0 bridgehead atoms. The van der Waals surface area contributed by atoms with E-state index in [2.05, 4.69) is 15.6 Å². The molecule has 0 unspecified atom stereocenters. The predicted octanol–water partition coefficient (Wildman–Crippen LogP) is 5.97. The Morgan fingerprint density at radius 1 is 0.971 bits per heavy atom. The van der Waals surface area contributed by atoms with E-state index in [9.17, 15) is 14.3 Å². The molecule has 3 rings (SSSR count). The fraction of sp³-hybridized carbons (Fsp3) is 0.333. The summed E-state index contributed by atoms with van der Waals surface area (Å²) in [5, 5.41) is 16.9. The highest BCUT2D eigenvalue weighted by Crippen LogP contribution is 2.40. The summed E-state index contributed by atoms with van der Waals surface area (Å²) in [6, 6.07) is 13.0. The first-order valence-corrected chi connectivity index (χ1v) is 11.2. The van der Waals surface area contributed by atoms with Crippen molar-refractivity contribution in [3.8, 4) is 5.75 Å². The maximum absolute atomic E-state index is 13.1. The lowest BCUT2D eigenvalue weighted by molar-refractivity contribution is 0.102. The number of nitrogens with zero attached hydrogens (tertiary/aromatic N) is 1. The average Bonchev–Trinajstić information content (AvgIpc) is 2.73. The smallest absolute Gasteiger partial charge is 0.255 e. The number of carbonyl (C=O) groups excluding carboxylic acids is 1. The van der Waals surface area contributed by atoms with Gasteiger partial charge >= 0.3 is 0 Å². The van der Waals surface area contributed by atoms with Crippen LogP contribution in [0.2, 0.25) is 0 Å². The van der Waals surface area contributed by atoms with Crippen LogP contribution in [-0.4, -0.2) is 16.0 Å². The number of aromatic hydroxyl groups is 1. The molecule has 0 radical (unpaired) electrons. The van der Waals surface area contributed by atoms with Crippen molar-refractivity contribution in [3.05, 3.63) is 76.6 Å². The van der Waals surface area contributed by atoms with Crippen molar-refractivity contribution < 1.29 is 14.3 Å². The van der Waals surface area contributed by atoms with E-state index in [4.69, 9.17) is 5.73 Å². The van der Waals surface area contributed by atoms with E-state index in [1.165, 1.54) is 12.1 Å². The van der Waals surface area contributed by atoms with Crippen molar-refractivity contribution >= 4 is 23.2 Å². The highest BCUT2D eigenvalue weighted by molar-refractivity contribution is 6.06. The quantitative estimate of drug-likeness (QED) is 0.373. The summed E-state index contributed by atoms with van der Waals surface area (Å²) in [6.45, 7) is 12.4. The van der Waals surface area contributed by atoms with Crippen molar-refractivity contribution in [2.45, 2.75) is 58.9 Å². The number of nitrogen functional groups attached to an aromatic ring is 1. The second-order valence-electron chi connectivity index (χ2n) is 10.5. The van der Waals surface area contributed by atoms with Crippen LogP contribution in [0.3, 0.4) is 0 Å². The third-order valence-corrected chi connectivity index (χ3v) is 5.55. The summed E-state index contributed by atoms with van der Waals surface area (Å²) in [6.07, 6.45) is 0. The number of halogens is 1. The van der Waals surface area contributed by atoms with Crippen LogP contribution >= 0.6 is 0 Å². The van der Waals surface area contributed by atoms with Crippen LogP contribution < -0.4 is 16.4 Å². The number of hydrogen-bond donors (Lipinski definition) is 4. The molecule has 34 heavy (non-hydrogen) atoms. The first kappa shape index (κ1) is 25.0. The Kier molecular flexibility index (Phi) is 6.87. The summed E-state index contributed by atoms with van der Waals surface area (Å²) < 4.78 is 13.1. The van der Waals surface area contributed by atoms with Gasteiger partial charge in [-0.2, -0.15) is 0 Å². The third kappa shape index (κ3) is 5.84. The Morgan fingerprint density at radius 2 is 1.53 bits per heavy atom. The van der Waals surface area contributed by atoms with Gasteiger partial charge in [0.2, 0.25) is 0 Å². The monoisotopic (exact) mass is 464 g/mol. The third-order valence-electron chi connectivity index (χ3n) is 5.55. The summed E-state index contributed by atoms with van der Waals surface area (Å²) in [7, 11) is 0. The number of hydrogen-bond acceptors (Lipinski definition) is 5. The van der Waals surface area contributed by atoms with Gasteiger partial charge in [-0.1, -0.05) is 53.7 Å². The first-order chi connectivity index (χ1) is 15.8.